The fourth-order valence-corrected chi connectivity index (χ4v) is 2.83. The van der Waals surface area contributed by atoms with Crippen LogP contribution in [-0.4, -0.2) is 40.4 Å². The number of aromatic nitrogens is 2. The van der Waals surface area contributed by atoms with E-state index in [9.17, 15) is 4.79 Å². The molecule has 24 heavy (non-hydrogen) atoms. The van der Waals surface area contributed by atoms with Gasteiger partial charge in [0.05, 0.1) is 18.8 Å². The average molecular weight is 321 g/mol. The molecular formula is C18H19N5O. The van der Waals surface area contributed by atoms with Gasteiger partial charge in [-0.1, -0.05) is 30.3 Å². The number of nitriles is 1. The molecule has 1 atom stereocenters. The molecule has 1 aliphatic heterocycles. The zero-order chi connectivity index (χ0) is 16.8. The molecule has 0 radical (unpaired) electrons. The van der Waals surface area contributed by atoms with E-state index in [0.29, 0.717) is 23.9 Å². The van der Waals surface area contributed by atoms with Crippen molar-refractivity contribution in [3.63, 3.8) is 0 Å². The smallest absolute Gasteiger partial charge is 0.226 e. The molecular weight excluding hydrogens is 302 g/mol. The molecule has 1 aliphatic rings. The molecule has 1 unspecified atom stereocenters. The van der Waals surface area contributed by atoms with Gasteiger partial charge in [-0.05, 0) is 17.9 Å². The quantitative estimate of drug-likeness (QED) is 0.909. The van der Waals surface area contributed by atoms with Crippen molar-refractivity contribution in [2.24, 2.45) is 5.92 Å². The fraction of sp³-hybridized carbons (Fsp3) is 0.333. The Labute approximate surface area is 141 Å². The summed E-state index contributed by atoms with van der Waals surface area (Å²) in [5.41, 5.74) is 1.36. The summed E-state index contributed by atoms with van der Waals surface area (Å²) < 4.78 is 0. The molecule has 1 aromatic heterocycles. The molecule has 6 heteroatoms. The van der Waals surface area contributed by atoms with Crippen LogP contribution in [0.2, 0.25) is 0 Å². The van der Waals surface area contributed by atoms with Gasteiger partial charge in [-0.25, -0.2) is 9.97 Å². The SMILES string of the molecule is N#Cc1cnc(NCC2CCN(C(=O)Cc3ccccc3)C2)cn1. The molecule has 2 aromatic rings. The Bertz CT molecular complexity index is 723. The number of nitrogens with one attached hydrogen (secondary N) is 1. The van der Waals surface area contributed by atoms with Crippen LogP contribution in [0.5, 0.6) is 0 Å². The lowest BCUT2D eigenvalue weighted by Gasteiger charge is -2.17. The minimum atomic E-state index is 0.182. The van der Waals surface area contributed by atoms with Crippen molar-refractivity contribution >= 4 is 11.7 Å². The minimum absolute atomic E-state index is 0.182. The van der Waals surface area contributed by atoms with E-state index in [1.807, 2.05) is 41.3 Å². The van der Waals surface area contributed by atoms with Gasteiger partial charge in [0.2, 0.25) is 5.91 Å². The third kappa shape index (κ3) is 4.07. The normalized spacial score (nSPS) is 16.6. The molecule has 1 saturated heterocycles. The number of benzene rings is 1. The van der Waals surface area contributed by atoms with Gasteiger partial charge in [-0.2, -0.15) is 5.26 Å². The molecule has 1 aromatic carbocycles. The summed E-state index contributed by atoms with van der Waals surface area (Å²) in [4.78, 5) is 22.4. The Morgan fingerprint density at radius 2 is 2.12 bits per heavy atom. The molecule has 3 rings (SSSR count). The van der Waals surface area contributed by atoms with Crippen LogP contribution < -0.4 is 5.32 Å². The Balaban J connectivity index is 1.46. The van der Waals surface area contributed by atoms with E-state index in [1.165, 1.54) is 6.20 Å². The summed E-state index contributed by atoms with van der Waals surface area (Å²) in [6.45, 7) is 2.31. The number of carbonyl (C=O) groups excluding carboxylic acids is 1. The first-order valence-corrected chi connectivity index (χ1v) is 8.02. The number of hydrogen-bond acceptors (Lipinski definition) is 5. The van der Waals surface area contributed by atoms with Crippen LogP contribution in [-0.2, 0) is 11.2 Å². The predicted molar refractivity (Wildman–Crippen MR) is 90.1 cm³/mol. The van der Waals surface area contributed by atoms with E-state index in [2.05, 4.69) is 15.3 Å². The predicted octanol–water partition coefficient (Wildman–Crippen LogP) is 1.85. The van der Waals surface area contributed by atoms with Gasteiger partial charge in [-0.15, -0.1) is 0 Å². The van der Waals surface area contributed by atoms with Crippen LogP contribution in [0.3, 0.4) is 0 Å². The van der Waals surface area contributed by atoms with E-state index < -0.39 is 0 Å². The average Bonchev–Trinajstić information content (AvgIpc) is 3.10. The van der Waals surface area contributed by atoms with E-state index in [0.717, 1.165) is 31.6 Å². The van der Waals surface area contributed by atoms with Crippen molar-refractivity contribution in [2.45, 2.75) is 12.8 Å². The zero-order valence-corrected chi connectivity index (χ0v) is 13.4. The summed E-state index contributed by atoms with van der Waals surface area (Å²) in [6, 6.07) is 11.8. The molecule has 6 nitrogen and oxygen atoms in total. The summed E-state index contributed by atoms with van der Waals surface area (Å²) in [5, 5.41) is 11.9. The molecule has 2 heterocycles. The Morgan fingerprint density at radius 1 is 1.29 bits per heavy atom. The van der Waals surface area contributed by atoms with Gasteiger partial charge in [0.25, 0.3) is 0 Å². The van der Waals surface area contributed by atoms with Gasteiger partial charge >= 0.3 is 0 Å². The highest BCUT2D eigenvalue weighted by atomic mass is 16.2. The largest absolute Gasteiger partial charge is 0.368 e. The molecule has 0 bridgehead atoms. The molecule has 122 valence electrons. The van der Waals surface area contributed by atoms with Crippen LogP contribution in [0.1, 0.15) is 17.7 Å². The van der Waals surface area contributed by atoms with Gasteiger partial charge in [0.15, 0.2) is 5.69 Å². The van der Waals surface area contributed by atoms with Crippen LogP contribution in [0.15, 0.2) is 42.7 Å². The van der Waals surface area contributed by atoms with Gasteiger partial charge in [0.1, 0.15) is 11.9 Å². The number of amides is 1. The monoisotopic (exact) mass is 321 g/mol. The van der Waals surface area contributed by atoms with Crippen LogP contribution in [0, 0.1) is 17.2 Å². The Kier molecular flexibility index (Phi) is 5.02. The molecule has 1 fully saturated rings. The number of rotatable bonds is 5. The van der Waals surface area contributed by atoms with Gasteiger partial charge < -0.3 is 10.2 Å². The van der Waals surface area contributed by atoms with Crippen LogP contribution in [0.4, 0.5) is 5.82 Å². The van der Waals surface area contributed by atoms with Crippen molar-refractivity contribution in [1.29, 1.82) is 5.26 Å². The number of hydrogen-bond donors (Lipinski definition) is 1. The second kappa shape index (κ2) is 7.55. The first-order chi connectivity index (χ1) is 11.7. The fourth-order valence-electron chi connectivity index (χ4n) is 2.83. The maximum absolute atomic E-state index is 12.4. The summed E-state index contributed by atoms with van der Waals surface area (Å²) in [5.74, 6) is 1.24. The zero-order valence-electron chi connectivity index (χ0n) is 13.4. The Hall–Kier alpha value is -2.94. The molecule has 0 spiro atoms. The summed E-state index contributed by atoms with van der Waals surface area (Å²) in [7, 11) is 0. The van der Waals surface area contributed by atoms with Gasteiger partial charge in [-0.3, -0.25) is 4.79 Å². The van der Waals surface area contributed by atoms with E-state index in [4.69, 9.17) is 5.26 Å². The molecule has 0 saturated carbocycles. The van der Waals surface area contributed by atoms with Crippen molar-refractivity contribution < 1.29 is 4.79 Å². The highest BCUT2D eigenvalue weighted by molar-refractivity contribution is 5.79. The second-order valence-corrected chi connectivity index (χ2v) is 5.94. The van der Waals surface area contributed by atoms with Crippen molar-refractivity contribution in [3.05, 3.63) is 54.0 Å². The third-order valence-corrected chi connectivity index (χ3v) is 4.17. The Morgan fingerprint density at radius 3 is 2.83 bits per heavy atom. The highest BCUT2D eigenvalue weighted by Gasteiger charge is 2.26. The first-order valence-electron chi connectivity index (χ1n) is 8.02. The minimum Gasteiger partial charge on any atom is -0.368 e. The third-order valence-electron chi connectivity index (χ3n) is 4.17. The number of carbonyl (C=O) groups is 1. The lowest BCUT2D eigenvalue weighted by atomic mass is 10.1. The van der Waals surface area contributed by atoms with Crippen molar-refractivity contribution in [2.75, 3.05) is 25.0 Å². The van der Waals surface area contributed by atoms with E-state index >= 15 is 0 Å². The summed E-state index contributed by atoms with van der Waals surface area (Å²) >= 11 is 0. The molecule has 1 N–H and O–H groups in total. The van der Waals surface area contributed by atoms with Crippen molar-refractivity contribution in [1.82, 2.24) is 14.9 Å². The van der Waals surface area contributed by atoms with Crippen LogP contribution in [0.25, 0.3) is 0 Å². The second-order valence-electron chi connectivity index (χ2n) is 5.94. The van der Waals surface area contributed by atoms with E-state index in [1.54, 1.807) is 6.20 Å². The maximum atomic E-state index is 12.4. The topological polar surface area (TPSA) is 81.9 Å². The summed E-state index contributed by atoms with van der Waals surface area (Å²) in [6.07, 6.45) is 4.46. The number of likely N-dealkylation sites (tertiary alicyclic amines) is 1. The standard InChI is InChI=1S/C18H19N5O/c19-9-16-11-22-17(12-20-16)21-10-15-6-7-23(13-15)18(24)8-14-4-2-1-3-5-14/h1-5,11-12,15H,6-8,10,13H2,(H,21,22). The first kappa shape index (κ1) is 15.9. The lowest BCUT2D eigenvalue weighted by molar-refractivity contribution is -0.129. The van der Waals surface area contributed by atoms with Crippen molar-refractivity contribution in [3.8, 4) is 6.07 Å². The highest BCUT2D eigenvalue weighted by Crippen LogP contribution is 2.18. The van der Waals surface area contributed by atoms with Gasteiger partial charge in [0, 0.05) is 19.6 Å². The maximum Gasteiger partial charge on any atom is 0.226 e. The number of anilines is 1. The van der Waals surface area contributed by atoms with E-state index in [-0.39, 0.29) is 5.91 Å². The number of nitrogens with zero attached hydrogens (tertiary/aromatic N) is 4. The molecule has 1 amide bonds. The lowest BCUT2D eigenvalue weighted by Crippen LogP contribution is -2.31. The molecule has 0 aliphatic carbocycles. The van der Waals surface area contributed by atoms with Crippen LogP contribution >= 0.6 is 0 Å².